The molecule has 0 aliphatic rings. The highest BCUT2D eigenvalue weighted by molar-refractivity contribution is 7.80. The van der Waals surface area contributed by atoms with E-state index in [9.17, 15) is 4.79 Å². The summed E-state index contributed by atoms with van der Waals surface area (Å²) in [6.07, 6.45) is 0. The van der Waals surface area contributed by atoms with Gasteiger partial charge in [-0.15, -0.1) is 0 Å². The summed E-state index contributed by atoms with van der Waals surface area (Å²) >= 11 is 5.01. The maximum absolute atomic E-state index is 12.6. The van der Waals surface area contributed by atoms with Gasteiger partial charge in [0.05, 0.1) is 10.4 Å². The minimum Gasteiger partial charge on any atom is -0.392 e. The van der Waals surface area contributed by atoms with E-state index >= 15 is 0 Å². The van der Waals surface area contributed by atoms with E-state index in [1.165, 1.54) is 0 Å². The third-order valence-corrected chi connectivity index (χ3v) is 3.74. The Bertz CT molecular complexity index is 454. The number of thiocarbonyl (C=S) groups is 1. The molecule has 0 unspecified atom stereocenters. The molecule has 1 rings (SSSR count). The number of carbonyl (C=O) groups excluding carboxylic acids is 1. The van der Waals surface area contributed by atoms with Crippen molar-refractivity contribution in [3.63, 3.8) is 0 Å². The number of nitrogens with two attached hydrogens (primary N) is 1. The molecule has 3 nitrogen and oxygen atoms in total. The van der Waals surface area contributed by atoms with Crippen LogP contribution < -0.4 is 5.73 Å². The summed E-state index contributed by atoms with van der Waals surface area (Å²) in [7, 11) is 0. The first-order valence-electron chi connectivity index (χ1n) is 6.41. The van der Waals surface area contributed by atoms with Crippen LogP contribution in [0.3, 0.4) is 0 Å². The van der Waals surface area contributed by atoms with Gasteiger partial charge in [0.2, 0.25) is 5.91 Å². The number of nitrogens with zero attached hydrogens (tertiary/aromatic N) is 1. The van der Waals surface area contributed by atoms with Crippen molar-refractivity contribution in [3.05, 3.63) is 35.9 Å². The molecule has 0 heterocycles. The van der Waals surface area contributed by atoms with Gasteiger partial charge in [-0.1, -0.05) is 42.5 Å². The van der Waals surface area contributed by atoms with Crippen LogP contribution >= 0.6 is 12.2 Å². The molecule has 0 bridgehead atoms. The molecule has 1 amide bonds. The predicted octanol–water partition coefficient (Wildman–Crippen LogP) is 2.74. The number of carbonyl (C=O) groups is 1. The molecule has 2 N–H and O–H groups in total. The highest BCUT2D eigenvalue weighted by Crippen LogP contribution is 2.22. The summed E-state index contributed by atoms with van der Waals surface area (Å²) in [5, 5.41) is 0. The van der Waals surface area contributed by atoms with E-state index in [1.54, 1.807) is 13.8 Å². The number of hydrogen-bond acceptors (Lipinski definition) is 2. The molecule has 0 aliphatic carbocycles. The van der Waals surface area contributed by atoms with Crippen LogP contribution in [0.2, 0.25) is 0 Å². The van der Waals surface area contributed by atoms with Gasteiger partial charge in [0.25, 0.3) is 0 Å². The van der Waals surface area contributed by atoms with Crippen molar-refractivity contribution in [2.24, 2.45) is 11.1 Å². The van der Waals surface area contributed by atoms with Crippen molar-refractivity contribution < 1.29 is 4.79 Å². The zero-order valence-corrected chi connectivity index (χ0v) is 12.8. The lowest BCUT2D eigenvalue weighted by Gasteiger charge is -2.34. The molecule has 0 fully saturated rings. The van der Waals surface area contributed by atoms with Crippen LogP contribution in [0.15, 0.2) is 30.3 Å². The topological polar surface area (TPSA) is 46.3 Å². The molecule has 0 spiro atoms. The summed E-state index contributed by atoms with van der Waals surface area (Å²) in [6, 6.07) is 10.0. The molecule has 1 aromatic carbocycles. The Labute approximate surface area is 120 Å². The van der Waals surface area contributed by atoms with Gasteiger partial charge in [0.1, 0.15) is 0 Å². The normalized spacial score (nSPS) is 11.4. The number of rotatable bonds is 5. The molecule has 104 valence electrons. The van der Waals surface area contributed by atoms with E-state index in [-0.39, 0.29) is 16.9 Å². The molecular formula is C15H22N2OS. The van der Waals surface area contributed by atoms with E-state index < -0.39 is 5.41 Å². The SMILES string of the molecule is CC(C)N(Cc1ccccc1)C(=O)C(C)(C)C(N)=S. The van der Waals surface area contributed by atoms with Gasteiger partial charge < -0.3 is 10.6 Å². The molecule has 0 saturated heterocycles. The Morgan fingerprint density at radius 1 is 1.32 bits per heavy atom. The van der Waals surface area contributed by atoms with E-state index in [4.69, 9.17) is 18.0 Å². The Morgan fingerprint density at radius 2 is 1.84 bits per heavy atom. The molecule has 0 atom stereocenters. The van der Waals surface area contributed by atoms with Crippen LogP contribution in [0.4, 0.5) is 0 Å². The highest BCUT2D eigenvalue weighted by atomic mass is 32.1. The molecule has 0 aromatic heterocycles. The van der Waals surface area contributed by atoms with Crippen molar-refractivity contribution in [1.29, 1.82) is 0 Å². The van der Waals surface area contributed by atoms with Crippen molar-refractivity contribution in [3.8, 4) is 0 Å². The average Bonchev–Trinajstić information content (AvgIpc) is 2.35. The zero-order chi connectivity index (χ0) is 14.6. The van der Waals surface area contributed by atoms with Gasteiger partial charge in [-0.25, -0.2) is 0 Å². The minimum atomic E-state index is -0.811. The molecule has 1 aromatic rings. The highest BCUT2D eigenvalue weighted by Gasteiger charge is 2.35. The largest absolute Gasteiger partial charge is 0.392 e. The van der Waals surface area contributed by atoms with Crippen molar-refractivity contribution in [2.45, 2.75) is 40.3 Å². The summed E-state index contributed by atoms with van der Waals surface area (Å²) in [4.78, 5) is 14.7. The Morgan fingerprint density at radius 3 is 2.26 bits per heavy atom. The van der Waals surface area contributed by atoms with Crippen molar-refractivity contribution in [1.82, 2.24) is 4.90 Å². The number of amides is 1. The lowest BCUT2D eigenvalue weighted by molar-refractivity contribution is -0.139. The third-order valence-electron chi connectivity index (χ3n) is 3.23. The van der Waals surface area contributed by atoms with Gasteiger partial charge in [-0.2, -0.15) is 0 Å². The fraction of sp³-hybridized carbons (Fsp3) is 0.467. The van der Waals surface area contributed by atoms with Gasteiger partial charge in [0, 0.05) is 12.6 Å². The lowest BCUT2D eigenvalue weighted by atomic mass is 9.90. The molecule has 0 radical (unpaired) electrons. The van der Waals surface area contributed by atoms with Crippen LogP contribution in [0.5, 0.6) is 0 Å². The summed E-state index contributed by atoms with van der Waals surface area (Å²) in [5.41, 5.74) is 5.98. The number of hydrogen-bond donors (Lipinski definition) is 1. The average molecular weight is 278 g/mol. The van der Waals surface area contributed by atoms with E-state index in [2.05, 4.69) is 0 Å². The van der Waals surface area contributed by atoms with E-state index in [1.807, 2.05) is 49.1 Å². The summed E-state index contributed by atoms with van der Waals surface area (Å²) < 4.78 is 0. The fourth-order valence-electron chi connectivity index (χ4n) is 1.73. The first kappa shape index (κ1) is 15.6. The first-order chi connectivity index (χ1) is 8.76. The van der Waals surface area contributed by atoms with Crippen LogP contribution in [0.25, 0.3) is 0 Å². The Hall–Kier alpha value is -1.42. The number of benzene rings is 1. The summed E-state index contributed by atoms with van der Waals surface area (Å²) in [5.74, 6) is -0.0288. The molecule has 19 heavy (non-hydrogen) atoms. The van der Waals surface area contributed by atoms with E-state index in [0.717, 1.165) is 5.56 Å². The van der Waals surface area contributed by atoms with Crippen molar-refractivity contribution >= 4 is 23.1 Å². The molecular weight excluding hydrogens is 256 g/mol. The first-order valence-corrected chi connectivity index (χ1v) is 6.82. The van der Waals surface area contributed by atoms with Crippen molar-refractivity contribution in [2.75, 3.05) is 0 Å². The van der Waals surface area contributed by atoms with Gasteiger partial charge >= 0.3 is 0 Å². The van der Waals surface area contributed by atoms with Crippen LogP contribution in [-0.4, -0.2) is 21.8 Å². The monoisotopic (exact) mass is 278 g/mol. The van der Waals surface area contributed by atoms with Gasteiger partial charge in [-0.05, 0) is 33.3 Å². The second-order valence-corrected chi connectivity index (χ2v) is 5.94. The maximum atomic E-state index is 12.6. The zero-order valence-electron chi connectivity index (χ0n) is 12.0. The molecule has 0 aliphatic heterocycles. The third kappa shape index (κ3) is 3.77. The Kier molecular flexibility index (Phi) is 5.06. The molecule has 4 heteroatoms. The summed E-state index contributed by atoms with van der Waals surface area (Å²) in [6.45, 7) is 8.12. The fourth-order valence-corrected chi connectivity index (χ4v) is 1.82. The smallest absolute Gasteiger partial charge is 0.235 e. The maximum Gasteiger partial charge on any atom is 0.235 e. The standard InChI is InChI=1S/C15H22N2OS/c1-11(2)17(10-12-8-6-5-7-9-12)14(18)15(3,4)13(16)19/h5-9,11H,10H2,1-4H3,(H2,16,19). The Balaban J connectivity index is 2.96. The minimum absolute atomic E-state index is 0.0288. The van der Waals surface area contributed by atoms with Crippen LogP contribution in [0.1, 0.15) is 33.3 Å². The van der Waals surface area contributed by atoms with E-state index in [0.29, 0.717) is 6.54 Å². The van der Waals surface area contributed by atoms with Crippen LogP contribution in [0, 0.1) is 5.41 Å². The predicted molar refractivity (Wildman–Crippen MR) is 82.7 cm³/mol. The van der Waals surface area contributed by atoms with Gasteiger partial charge in [0.15, 0.2) is 0 Å². The quantitative estimate of drug-likeness (QED) is 0.842. The second-order valence-electron chi connectivity index (χ2n) is 5.50. The lowest BCUT2D eigenvalue weighted by Crippen LogP contribution is -2.49. The van der Waals surface area contributed by atoms with Gasteiger partial charge in [-0.3, -0.25) is 4.79 Å². The second kappa shape index (κ2) is 6.15. The molecule has 0 saturated carbocycles. The van der Waals surface area contributed by atoms with Crippen LogP contribution in [-0.2, 0) is 11.3 Å².